The summed E-state index contributed by atoms with van der Waals surface area (Å²) in [4.78, 5) is 34.9. The lowest BCUT2D eigenvalue weighted by Gasteiger charge is -2.28. The Balaban J connectivity index is 1.74. The molecule has 2 saturated heterocycles. The Kier molecular flexibility index (Phi) is 10.3. The fraction of sp³-hybridized carbons (Fsp3) is 0.783. The largest absolute Gasteiger partial charge is 0.481 e. The molecule has 3 N–H and O–H groups in total. The summed E-state index contributed by atoms with van der Waals surface area (Å²) < 4.78 is 6.09. The van der Waals surface area contributed by atoms with E-state index in [0.29, 0.717) is 25.3 Å². The van der Waals surface area contributed by atoms with Crippen molar-refractivity contribution in [3.05, 3.63) is 12.2 Å². The zero-order chi connectivity index (χ0) is 21.9. The Labute approximate surface area is 180 Å². The maximum Gasteiger partial charge on any atom is 0.303 e. The van der Waals surface area contributed by atoms with Crippen LogP contribution < -0.4 is 10.6 Å². The molecule has 5 unspecified atom stereocenters. The van der Waals surface area contributed by atoms with Crippen LogP contribution in [0.2, 0.25) is 0 Å². The van der Waals surface area contributed by atoms with Gasteiger partial charge in [-0.05, 0) is 51.4 Å². The lowest BCUT2D eigenvalue weighted by atomic mass is 9.77. The summed E-state index contributed by atoms with van der Waals surface area (Å²) in [6.45, 7) is 4.38. The van der Waals surface area contributed by atoms with Crippen LogP contribution in [0.4, 0.5) is 0 Å². The van der Waals surface area contributed by atoms with Crippen LogP contribution in [0.5, 0.6) is 0 Å². The second-order valence-electron chi connectivity index (χ2n) is 8.60. The lowest BCUT2D eigenvalue weighted by Crippen LogP contribution is -2.47. The summed E-state index contributed by atoms with van der Waals surface area (Å²) in [7, 11) is 0. The molecule has 170 valence electrons. The number of allylic oxidation sites excluding steroid dienone is 2. The molecular weight excluding hydrogens is 384 g/mol. The van der Waals surface area contributed by atoms with Crippen molar-refractivity contribution >= 4 is 17.8 Å². The van der Waals surface area contributed by atoms with Crippen LogP contribution in [0.3, 0.4) is 0 Å². The monoisotopic (exact) mass is 422 g/mol. The van der Waals surface area contributed by atoms with E-state index in [-0.39, 0.29) is 36.4 Å². The van der Waals surface area contributed by atoms with Crippen LogP contribution in [0.1, 0.15) is 78.1 Å². The van der Waals surface area contributed by atoms with Crippen LogP contribution in [0.15, 0.2) is 12.2 Å². The average Bonchev–Trinajstić information content (AvgIpc) is 3.30. The molecule has 2 aliphatic heterocycles. The highest BCUT2D eigenvalue weighted by molar-refractivity contribution is 5.87. The summed E-state index contributed by atoms with van der Waals surface area (Å²) >= 11 is 0. The van der Waals surface area contributed by atoms with Crippen LogP contribution in [-0.2, 0) is 19.1 Å². The third-order valence-electron chi connectivity index (χ3n) is 6.22. The maximum atomic E-state index is 12.4. The van der Waals surface area contributed by atoms with Gasteiger partial charge in [-0.15, -0.1) is 0 Å². The lowest BCUT2D eigenvalue weighted by molar-refractivity contribution is -0.137. The molecule has 2 amide bonds. The van der Waals surface area contributed by atoms with Crippen LogP contribution >= 0.6 is 0 Å². The van der Waals surface area contributed by atoms with Crippen molar-refractivity contribution in [2.24, 2.45) is 11.8 Å². The zero-order valence-electron chi connectivity index (χ0n) is 18.4. The van der Waals surface area contributed by atoms with Crippen molar-refractivity contribution < 1.29 is 24.2 Å². The van der Waals surface area contributed by atoms with Gasteiger partial charge in [0.25, 0.3) is 0 Å². The van der Waals surface area contributed by atoms with Crippen molar-refractivity contribution in [1.82, 2.24) is 10.6 Å². The van der Waals surface area contributed by atoms with Gasteiger partial charge in [0.2, 0.25) is 11.8 Å². The molecule has 0 spiro atoms. The minimum Gasteiger partial charge on any atom is -0.481 e. The smallest absolute Gasteiger partial charge is 0.303 e. The first kappa shape index (κ1) is 24.4. The molecule has 0 saturated carbocycles. The predicted octanol–water partition coefficient (Wildman–Crippen LogP) is 3.18. The highest BCUT2D eigenvalue weighted by atomic mass is 16.5. The van der Waals surface area contributed by atoms with Gasteiger partial charge in [0.1, 0.15) is 6.04 Å². The van der Waals surface area contributed by atoms with Gasteiger partial charge in [0, 0.05) is 25.3 Å². The Bertz CT molecular complexity index is 606. The molecule has 2 fully saturated rings. The predicted molar refractivity (Wildman–Crippen MR) is 115 cm³/mol. The molecular formula is C23H38N2O5. The van der Waals surface area contributed by atoms with E-state index >= 15 is 0 Å². The molecule has 0 aromatic carbocycles. The van der Waals surface area contributed by atoms with E-state index in [0.717, 1.165) is 44.9 Å². The topological polar surface area (TPSA) is 105 Å². The molecule has 5 atom stereocenters. The molecule has 2 heterocycles. The molecule has 2 rings (SSSR count). The Morgan fingerprint density at radius 3 is 2.50 bits per heavy atom. The Morgan fingerprint density at radius 2 is 1.80 bits per heavy atom. The fourth-order valence-corrected chi connectivity index (χ4v) is 4.51. The number of rotatable bonds is 14. The van der Waals surface area contributed by atoms with Crippen LogP contribution in [0, 0.1) is 11.8 Å². The summed E-state index contributed by atoms with van der Waals surface area (Å²) in [5.41, 5.74) is 0. The first-order valence-electron chi connectivity index (χ1n) is 11.5. The molecule has 0 aromatic heterocycles. The number of hydrogen-bond acceptors (Lipinski definition) is 4. The number of carbonyl (C=O) groups is 3. The number of hydrogen-bond donors (Lipinski definition) is 3. The summed E-state index contributed by atoms with van der Waals surface area (Å²) in [5.74, 6) is -0.320. The molecule has 7 nitrogen and oxygen atoms in total. The number of carbonyl (C=O) groups excluding carboxylic acids is 2. The van der Waals surface area contributed by atoms with E-state index in [1.54, 1.807) is 6.92 Å². The standard InChI is InChI=1S/C23H38N2O5/c1-3-4-7-11-21(26)25-16(2)23(29)24-15-18-17(19-13-14-20(18)30-19)10-8-5-6-9-12-22(27)28/h5,8,16-20H,3-4,6-7,9-15H2,1-2H3,(H,24,29)(H,25,26)(H,27,28)/b8-5+. The number of unbranched alkanes of at least 4 members (excludes halogenated alkanes) is 3. The average molecular weight is 423 g/mol. The van der Waals surface area contributed by atoms with Crippen molar-refractivity contribution in [1.29, 1.82) is 0 Å². The minimum atomic E-state index is -0.757. The number of carboxylic acid groups (broad SMARTS) is 1. The first-order valence-corrected chi connectivity index (χ1v) is 11.5. The zero-order valence-corrected chi connectivity index (χ0v) is 18.4. The van der Waals surface area contributed by atoms with E-state index in [1.165, 1.54) is 0 Å². The van der Waals surface area contributed by atoms with Gasteiger partial charge < -0.3 is 20.5 Å². The number of carboxylic acids is 1. The van der Waals surface area contributed by atoms with E-state index in [4.69, 9.17) is 9.84 Å². The van der Waals surface area contributed by atoms with Gasteiger partial charge in [0.05, 0.1) is 12.2 Å². The molecule has 30 heavy (non-hydrogen) atoms. The number of fused-ring (bicyclic) bond motifs is 2. The van der Waals surface area contributed by atoms with Gasteiger partial charge in [-0.1, -0.05) is 31.9 Å². The summed E-state index contributed by atoms with van der Waals surface area (Å²) in [5, 5.41) is 14.5. The van der Waals surface area contributed by atoms with Gasteiger partial charge in [-0.2, -0.15) is 0 Å². The number of amides is 2. The molecule has 0 radical (unpaired) electrons. The second-order valence-corrected chi connectivity index (χ2v) is 8.60. The van der Waals surface area contributed by atoms with Crippen LogP contribution in [0.25, 0.3) is 0 Å². The third kappa shape index (κ3) is 7.74. The van der Waals surface area contributed by atoms with Crippen LogP contribution in [-0.4, -0.2) is 47.7 Å². The maximum absolute atomic E-state index is 12.4. The normalized spacial score (nSPS) is 26.1. The minimum absolute atomic E-state index is 0.0692. The van der Waals surface area contributed by atoms with Crippen molar-refractivity contribution in [2.75, 3.05) is 6.54 Å². The van der Waals surface area contributed by atoms with E-state index in [1.807, 2.05) is 0 Å². The Hall–Kier alpha value is -1.89. The molecule has 2 aliphatic rings. The molecule has 0 aliphatic carbocycles. The highest BCUT2D eigenvalue weighted by Gasteiger charge is 2.48. The molecule has 7 heteroatoms. The van der Waals surface area contributed by atoms with Gasteiger partial charge in [-0.25, -0.2) is 0 Å². The number of aliphatic carboxylic acids is 1. The van der Waals surface area contributed by atoms with E-state index in [2.05, 4.69) is 29.7 Å². The van der Waals surface area contributed by atoms with Crippen molar-refractivity contribution in [2.45, 2.75) is 96.3 Å². The van der Waals surface area contributed by atoms with E-state index in [9.17, 15) is 14.4 Å². The summed E-state index contributed by atoms with van der Waals surface area (Å²) in [6.07, 6.45) is 12.6. The fourth-order valence-electron chi connectivity index (χ4n) is 4.51. The van der Waals surface area contributed by atoms with Gasteiger partial charge in [-0.3, -0.25) is 14.4 Å². The quantitative estimate of drug-likeness (QED) is 0.295. The summed E-state index contributed by atoms with van der Waals surface area (Å²) in [6, 6.07) is -0.536. The van der Waals surface area contributed by atoms with Gasteiger partial charge in [0.15, 0.2) is 0 Å². The molecule has 0 aromatic rings. The molecule has 2 bridgehead atoms. The second kappa shape index (κ2) is 12.7. The third-order valence-corrected chi connectivity index (χ3v) is 6.22. The first-order chi connectivity index (χ1) is 14.4. The van der Waals surface area contributed by atoms with Crippen molar-refractivity contribution in [3.8, 4) is 0 Å². The SMILES string of the molecule is CCCCCC(=O)NC(C)C(=O)NCC1C2CCC(O2)C1C/C=C/CCCC(=O)O. The highest BCUT2D eigenvalue weighted by Crippen LogP contribution is 2.44. The van der Waals surface area contributed by atoms with E-state index < -0.39 is 12.0 Å². The number of nitrogens with one attached hydrogen (secondary N) is 2. The Morgan fingerprint density at radius 1 is 1.07 bits per heavy atom. The number of ether oxygens (including phenoxy) is 1. The van der Waals surface area contributed by atoms with Crippen molar-refractivity contribution in [3.63, 3.8) is 0 Å². The van der Waals surface area contributed by atoms with Gasteiger partial charge >= 0.3 is 5.97 Å².